The number of aromatic nitrogens is 1. The third kappa shape index (κ3) is 3.33. The molecule has 0 spiro atoms. The zero-order chi connectivity index (χ0) is 12.1. The fourth-order valence-electron chi connectivity index (χ4n) is 1.22. The molecular formula is C11H10N4S2. The van der Waals surface area contributed by atoms with E-state index in [1.54, 1.807) is 17.6 Å². The maximum atomic E-state index is 5.24. The van der Waals surface area contributed by atoms with E-state index in [1.807, 2.05) is 35.7 Å². The minimum atomic E-state index is 0.139. The molecule has 0 aliphatic rings. The SMILES string of the molecule is NC(=S)NN=Cc1csc(-c2ccccc2)n1. The molecule has 0 bridgehead atoms. The number of thiazole rings is 1. The third-order valence-electron chi connectivity index (χ3n) is 1.91. The van der Waals surface area contributed by atoms with Crippen molar-refractivity contribution in [2.45, 2.75) is 0 Å². The molecule has 1 aromatic carbocycles. The predicted octanol–water partition coefficient (Wildman–Crippen LogP) is 1.98. The molecule has 17 heavy (non-hydrogen) atoms. The van der Waals surface area contributed by atoms with Crippen LogP contribution in [0.25, 0.3) is 10.6 Å². The number of nitrogens with zero attached hydrogens (tertiary/aromatic N) is 2. The molecule has 0 aliphatic heterocycles. The lowest BCUT2D eigenvalue weighted by atomic mass is 10.2. The van der Waals surface area contributed by atoms with E-state index in [4.69, 9.17) is 5.73 Å². The topological polar surface area (TPSA) is 63.3 Å². The Labute approximate surface area is 108 Å². The van der Waals surface area contributed by atoms with Crippen LogP contribution in [0.5, 0.6) is 0 Å². The molecule has 2 aromatic rings. The molecule has 4 nitrogen and oxygen atoms in total. The van der Waals surface area contributed by atoms with Crippen LogP contribution >= 0.6 is 23.6 Å². The summed E-state index contributed by atoms with van der Waals surface area (Å²) in [5.41, 5.74) is 9.60. The number of nitrogens with one attached hydrogen (secondary N) is 1. The lowest BCUT2D eigenvalue weighted by Crippen LogP contribution is -2.24. The normalized spacial score (nSPS) is 10.6. The number of hydrogen-bond donors (Lipinski definition) is 2. The first-order valence-electron chi connectivity index (χ1n) is 4.85. The predicted molar refractivity (Wildman–Crippen MR) is 75.1 cm³/mol. The van der Waals surface area contributed by atoms with Crippen LogP contribution in [0.15, 0.2) is 40.8 Å². The number of thiocarbonyl (C=S) groups is 1. The summed E-state index contributed by atoms with van der Waals surface area (Å²) >= 11 is 6.20. The molecule has 3 N–H and O–H groups in total. The van der Waals surface area contributed by atoms with Crippen LogP contribution in [-0.4, -0.2) is 16.3 Å². The van der Waals surface area contributed by atoms with Gasteiger partial charge in [-0.1, -0.05) is 30.3 Å². The van der Waals surface area contributed by atoms with Gasteiger partial charge in [0, 0.05) is 10.9 Å². The van der Waals surface area contributed by atoms with Crippen LogP contribution in [0.1, 0.15) is 5.69 Å². The van der Waals surface area contributed by atoms with Crippen LogP contribution in [0, 0.1) is 0 Å². The van der Waals surface area contributed by atoms with Crippen LogP contribution in [0.2, 0.25) is 0 Å². The fourth-order valence-corrected chi connectivity index (χ4v) is 2.05. The first kappa shape index (κ1) is 11.7. The van der Waals surface area contributed by atoms with Crippen molar-refractivity contribution in [3.8, 4) is 10.6 Å². The van der Waals surface area contributed by atoms with Crippen LogP contribution in [-0.2, 0) is 0 Å². The molecule has 0 saturated carbocycles. The molecule has 1 aromatic heterocycles. The standard InChI is InChI=1S/C11H10N4S2/c12-11(16)15-13-6-9-7-17-10(14-9)8-4-2-1-3-5-8/h1-7H,(H3,12,15,16). The first-order valence-corrected chi connectivity index (χ1v) is 6.14. The summed E-state index contributed by atoms with van der Waals surface area (Å²) in [6.07, 6.45) is 1.59. The Morgan fingerprint density at radius 1 is 1.41 bits per heavy atom. The quantitative estimate of drug-likeness (QED) is 0.504. The van der Waals surface area contributed by atoms with Crippen molar-refractivity contribution < 1.29 is 0 Å². The van der Waals surface area contributed by atoms with Gasteiger partial charge < -0.3 is 5.73 Å². The van der Waals surface area contributed by atoms with E-state index >= 15 is 0 Å². The summed E-state index contributed by atoms with van der Waals surface area (Å²) in [5, 5.41) is 6.87. The molecule has 6 heteroatoms. The maximum Gasteiger partial charge on any atom is 0.184 e. The largest absolute Gasteiger partial charge is 0.375 e. The molecule has 0 atom stereocenters. The lowest BCUT2D eigenvalue weighted by Gasteiger charge is -1.93. The summed E-state index contributed by atoms with van der Waals surface area (Å²) in [5.74, 6) is 0. The molecule has 0 aliphatic carbocycles. The Bertz CT molecular complexity index is 533. The summed E-state index contributed by atoms with van der Waals surface area (Å²) < 4.78 is 0. The Morgan fingerprint density at radius 2 is 2.18 bits per heavy atom. The Balaban J connectivity index is 2.11. The summed E-state index contributed by atoms with van der Waals surface area (Å²) in [6.45, 7) is 0. The van der Waals surface area contributed by atoms with Crippen molar-refractivity contribution in [3.63, 3.8) is 0 Å². The molecule has 0 amide bonds. The molecule has 86 valence electrons. The summed E-state index contributed by atoms with van der Waals surface area (Å²) in [7, 11) is 0. The number of hydrogen-bond acceptors (Lipinski definition) is 4. The zero-order valence-corrected chi connectivity index (χ0v) is 10.5. The molecular weight excluding hydrogens is 252 g/mol. The average molecular weight is 262 g/mol. The smallest absolute Gasteiger partial charge is 0.184 e. The van der Waals surface area contributed by atoms with E-state index in [2.05, 4.69) is 27.7 Å². The number of hydrazone groups is 1. The zero-order valence-electron chi connectivity index (χ0n) is 8.83. The van der Waals surface area contributed by atoms with Gasteiger partial charge in [-0.15, -0.1) is 11.3 Å². The average Bonchev–Trinajstić information content (AvgIpc) is 2.78. The van der Waals surface area contributed by atoms with Gasteiger partial charge in [0.1, 0.15) is 5.01 Å². The Kier molecular flexibility index (Phi) is 3.79. The van der Waals surface area contributed by atoms with Crippen molar-refractivity contribution in [1.29, 1.82) is 0 Å². The molecule has 2 rings (SSSR count). The van der Waals surface area contributed by atoms with Gasteiger partial charge in [0.25, 0.3) is 0 Å². The second-order valence-electron chi connectivity index (χ2n) is 3.18. The van der Waals surface area contributed by atoms with Gasteiger partial charge in [0.05, 0.1) is 11.9 Å². The van der Waals surface area contributed by atoms with Gasteiger partial charge >= 0.3 is 0 Å². The Hall–Kier alpha value is -1.79. The third-order valence-corrected chi connectivity index (χ3v) is 2.92. The highest BCUT2D eigenvalue weighted by molar-refractivity contribution is 7.80. The van der Waals surface area contributed by atoms with E-state index in [1.165, 1.54) is 0 Å². The summed E-state index contributed by atoms with van der Waals surface area (Å²) in [4.78, 5) is 4.42. The van der Waals surface area contributed by atoms with Crippen molar-refractivity contribution in [3.05, 3.63) is 41.4 Å². The van der Waals surface area contributed by atoms with E-state index < -0.39 is 0 Å². The van der Waals surface area contributed by atoms with E-state index in [0.29, 0.717) is 0 Å². The molecule has 0 unspecified atom stereocenters. The highest BCUT2D eigenvalue weighted by atomic mass is 32.1. The molecule has 0 saturated heterocycles. The number of benzene rings is 1. The second-order valence-corrected chi connectivity index (χ2v) is 4.48. The number of rotatable bonds is 3. The van der Waals surface area contributed by atoms with Gasteiger partial charge in [0.2, 0.25) is 0 Å². The van der Waals surface area contributed by atoms with Gasteiger partial charge in [0.15, 0.2) is 5.11 Å². The second kappa shape index (κ2) is 5.51. The first-order chi connectivity index (χ1) is 8.25. The number of nitrogens with two attached hydrogens (primary N) is 1. The fraction of sp³-hybridized carbons (Fsp3) is 0. The molecule has 1 heterocycles. The van der Waals surface area contributed by atoms with Gasteiger partial charge in [-0.25, -0.2) is 4.98 Å². The van der Waals surface area contributed by atoms with Crippen LogP contribution in [0.3, 0.4) is 0 Å². The molecule has 0 fully saturated rings. The Morgan fingerprint density at radius 3 is 2.88 bits per heavy atom. The molecule has 0 radical (unpaired) electrons. The van der Waals surface area contributed by atoms with Crippen molar-refractivity contribution in [1.82, 2.24) is 10.4 Å². The van der Waals surface area contributed by atoms with Gasteiger partial charge in [-0.3, -0.25) is 5.43 Å². The highest BCUT2D eigenvalue weighted by Gasteiger charge is 2.01. The van der Waals surface area contributed by atoms with Gasteiger partial charge in [-0.2, -0.15) is 5.10 Å². The highest BCUT2D eigenvalue weighted by Crippen LogP contribution is 2.22. The van der Waals surface area contributed by atoms with E-state index in [0.717, 1.165) is 16.3 Å². The van der Waals surface area contributed by atoms with Crippen molar-refractivity contribution >= 4 is 34.9 Å². The maximum absolute atomic E-state index is 5.24. The van der Waals surface area contributed by atoms with E-state index in [9.17, 15) is 0 Å². The monoisotopic (exact) mass is 262 g/mol. The van der Waals surface area contributed by atoms with Crippen molar-refractivity contribution in [2.75, 3.05) is 0 Å². The lowest BCUT2D eigenvalue weighted by molar-refractivity contribution is 1.04. The van der Waals surface area contributed by atoms with Crippen molar-refractivity contribution in [2.24, 2.45) is 10.8 Å². The van der Waals surface area contributed by atoms with Crippen LogP contribution in [0.4, 0.5) is 0 Å². The minimum absolute atomic E-state index is 0.139. The summed E-state index contributed by atoms with van der Waals surface area (Å²) in [6, 6.07) is 9.99. The van der Waals surface area contributed by atoms with E-state index in [-0.39, 0.29) is 5.11 Å². The van der Waals surface area contributed by atoms with Crippen LogP contribution < -0.4 is 11.2 Å². The van der Waals surface area contributed by atoms with Gasteiger partial charge in [-0.05, 0) is 12.2 Å². The minimum Gasteiger partial charge on any atom is -0.375 e.